The largest absolute Gasteiger partial charge is 0.462 e. The Morgan fingerprint density at radius 3 is 2.67 bits per heavy atom. The summed E-state index contributed by atoms with van der Waals surface area (Å²) in [5.74, 6) is 1.22. The predicted octanol–water partition coefficient (Wildman–Crippen LogP) is 4.45. The van der Waals surface area contributed by atoms with Gasteiger partial charge in [-0.25, -0.2) is 0 Å². The van der Waals surface area contributed by atoms with Crippen LogP contribution in [0.3, 0.4) is 0 Å². The van der Waals surface area contributed by atoms with Crippen LogP contribution >= 0.6 is 0 Å². The first-order valence-corrected chi connectivity index (χ1v) is 9.78. The van der Waals surface area contributed by atoms with Crippen LogP contribution in [0.5, 0.6) is 0 Å². The SMILES string of the molecule is CC(=O)O[C@H]1CC[C@H]2[C@@H]3C(=O)C=C4CCCC[C@]4(C)[C@H]3CC[C@]12C. The summed E-state index contributed by atoms with van der Waals surface area (Å²) in [5.41, 5.74) is 1.65. The number of esters is 1. The van der Waals surface area contributed by atoms with Crippen molar-refractivity contribution in [1.82, 2.24) is 0 Å². The van der Waals surface area contributed by atoms with E-state index in [1.807, 2.05) is 6.08 Å². The maximum Gasteiger partial charge on any atom is 0.302 e. The van der Waals surface area contributed by atoms with E-state index in [4.69, 9.17) is 4.74 Å². The summed E-state index contributed by atoms with van der Waals surface area (Å²) in [6.45, 7) is 6.19. The number of hydrogen-bond acceptors (Lipinski definition) is 3. The van der Waals surface area contributed by atoms with Crippen LogP contribution in [0.4, 0.5) is 0 Å². The van der Waals surface area contributed by atoms with E-state index >= 15 is 0 Å². The Kier molecular flexibility index (Phi) is 3.71. The van der Waals surface area contributed by atoms with E-state index < -0.39 is 0 Å². The lowest BCUT2D eigenvalue weighted by Crippen LogP contribution is -2.53. The lowest BCUT2D eigenvalue weighted by atomic mass is 9.48. The van der Waals surface area contributed by atoms with Crippen molar-refractivity contribution in [3.63, 3.8) is 0 Å². The molecule has 0 spiro atoms. The van der Waals surface area contributed by atoms with E-state index in [1.54, 1.807) is 0 Å². The maximum atomic E-state index is 13.1. The van der Waals surface area contributed by atoms with Gasteiger partial charge in [-0.1, -0.05) is 25.8 Å². The highest BCUT2D eigenvalue weighted by molar-refractivity contribution is 5.94. The molecule has 0 aromatic heterocycles. The van der Waals surface area contributed by atoms with Crippen LogP contribution in [-0.2, 0) is 14.3 Å². The fourth-order valence-electron chi connectivity index (χ4n) is 6.78. The third-order valence-electron chi connectivity index (χ3n) is 8.08. The number of rotatable bonds is 1. The Morgan fingerprint density at radius 2 is 1.92 bits per heavy atom. The topological polar surface area (TPSA) is 43.4 Å². The molecule has 4 aliphatic carbocycles. The Hall–Kier alpha value is -1.12. The summed E-state index contributed by atoms with van der Waals surface area (Å²) in [6, 6.07) is 0. The minimum absolute atomic E-state index is 0.00158. The number of carbonyl (C=O) groups excluding carboxylic acids is 2. The third kappa shape index (κ3) is 2.16. The zero-order valence-corrected chi connectivity index (χ0v) is 15.3. The summed E-state index contributed by atoms with van der Waals surface area (Å²) in [6.07, 6.45) is 11.1. The second-order valence-corrected chi connectivity index (χ2v) is 9.16. The average Bonchev–Trinajstić information content (AvgIpc) is 2.84. The van der Waals surface area contributed by atoms with Crippen molar-refractivity contribution in [2.75, 3.05) is 0 Å². The molecule has 3 fully saturated rings. The van der Waals surface area contributed by atoms with Gasteiger partial charge in [-0.3, -0.25) is 9.59 Å². The van der Waals surface area contributed by atoms with E-state index in [9.17, 15) is 9.59 Å². The maximum absolute atomic E-state index is 13.1. The van der Waals surface area contributed by atoms with Gasteiger partial charge in [0.2, 0.25) is 0 Å². The molecule has 4 rings (SSSR count). The number of ether oxygens (including phenoxy) is 1. The smallest absolute Gasteiger partial charge is 0.302 e. The molecule has 4 aliphatic rings. The van der Waals surface area contributed by atoms with Gasteiger partial charge in [0.15, 0.2) is 5.78 Å². The summed E-state index contributed by atoms with van der Waals surface area (Å²) < 4.78 is 5.66. The van der Waals surface area contributed by atoms with Crippen LogP contribution in [0.1, 0.15) is 72.1 Å². The standard InChI is InChI=1S/C21H30O3/c1-13(22)24-18-8-7-15-19-16(9-11-21(15,18)3)20(2)10-5-4-6-14(20)12-17(19)23/h12,15-16,18-19H,4-11H2,1-3H3/t15-,16-,18-,19-,20-,21-/m0/s1. The minimum atomic E-state index is -0.180. The quantitative estimate of drug-likeness (QED) is 0.667. The average molecular weight is 330 g/mol. The molecular formula is C21H30O3. The monoisotopic (exact) mass is 330 g/mol. The molecule has 132 valence electrons. The van der Waals surface area contributed by atoms with Gasteiger partial charge < -0.3 is 4.74 Å². The normalized spacial score (nSPS) is 47.3. The van der Waals surface area contributed by atoms with Crippen LogP contribution in [0, 0.1) is 28.6 Å². The lowest BCUT2D eigenvalue weighted by molar-refractivity contribution is -0.158. The van der Waals surface area contributed by atoms with Crippen molar-refractivity contribution in [2.45, 2.75) is 78.2 Å². The van der Waals surface area contributed by atoms with E-state index in [0.717, 1.165) is 32.1 Å². The van der Waals surface area contributed by atoms with E-state index in [2.05, 4.69) is 13.8 Å². The Balaban J connectivity index is 1.69. The van der Waals surface area contributed by atoms with Gasteiger partial charge in [0.05, 0.1) is 0 Å². The minimum Gasteiger partial charge on any atom is -0.462 e. The van der Waals surface area contributed by atoms with Crippen LogP contribution in [-0.4, -0.2) is 17.9 Å². The Bertz CT molecular complexity index is 606. The van der Waals surface area contributed by atoms with Crippen molar-refractivity contribution in [3.8, 4) is 0 Å². The number of ketones is 1. The second kappa shape index (κ2) is 5.44. The van der Waals surface area contributed by atoms with E-state index in [0.29, 0.717) is 17.6 Å². The van der Waals surface area contributed by atoms with E-state index in [-0.39, 0.29) is 28.8 Å². The number of carbonyl (C=O) groups is 2. The van der Waals surface area contributed by atoms with Crippen LogP contribution in [0.25, 0.3) is 0 Å². The second-order valence-electron chi connectivity index (χ2n) is 9.16. The van der Waals surface area contributed by atoms with Crippen LogP contribution in [0.15, 0.2) is 11.6 Å². The summed E-state index contributed by atoms with van der Waals surface area (Å²) in [7, 11) is 0. The molecule has 3 heteroatoms. The first-order chi connectivity index (χ1) is 11.4. The Labute approximate surface area is 145 Å². The molecule has 0 aromatic rings. The molecule has 0 bridgehead atoms. The molecule has 0 aromatic carbocycles. The number of allylic oxidation sites excluding steroid dienone is 2. The first-order valence-electron chi connectivity index (χ1n) is 9.78. The zero-order valence-electron chi connectivity index (χ0n) is 15.3. The van der Waals surface area contributed by atoms with Gasteiger partial charge in [-0.05, 0) is 68.3 Å². The molecule has 24 heavy (non-hydrogen) atoms. The van der Waals surface area contributed by atoms with Crippen molar-refractivity contribution >= 4 is 11.8 Å². The number of fused-ring (bicyclic) bond motifs is 5. The van der Waals surface area contributed by atoms with Crippen molar-refractivity contribution in [3.05, 3.63) is 11.6 Å². The lowest BCUT2D eigenvalue weighted by Gasteiger charge is -2.56. The van der Waals surface area contributed by atoms with Gasteiger partial charge in [-0.15, -0.1) is 0 Å². The van der Waals surface area contributed by atoms with Crippen molar-refractivity contribution < 1.29 is 14.3 Å². The predicted molar refractivity (Wildman–Crippen MR) is 92.3 cm³/mol. The van der Waals surface area contributed by atoms with E-state index in [1.165, 1.54) is 31.8 Å². The van der Waals surface area contributed by atoms with Crippen LogP contribution < -0.4 is 0 Å². The van der Waals surface area contributed by atoms with Crippen molar-refractivity contribution in [2.24, 2.45) is 28.6 Å². The fraction of sp³-hybridized carbons (Fsp3) is 0.810. The molecule has 0 amide bonds. The highest BCUT2D eigenvalue weighted by atomic mass is 16.5. The zero-order chi connectivity index (χ0) is 17.1. The molecular weight excluding hydrogens is 300 g/mol. The molecule has 0 heterocycles. The summed E-state index contributed by atoms with van der Waals surface area (Å²) in [4.78, 5) is 24.6. The highest BCUT2D eigenvalue weighted by Crippen LogP contribution is 2.64. The third-order valence-corrected chi connectivity index (χ3v) is 8.08. The molecule has 0 radical (unpaired) electrons. The summed E-state index contributed by atoms with van der Waals surface area (Å²) >= 11 is 0. The molecule has 6 atom stereocenters. The molecule has 0 unspecified atom stereocenters. The molecule has 0 aliphatic heterocycles. The summed E-state index contributed by atoms with van der Waals surface area (Å²) in [5, 5.41) is 0. The number of hydrogen-bond donors (Lipinski definition) is 0. The molecule has 3 nitrogen and oxygen atoms in total. The molecule has 3 saturated carbocycles. The first kappa shape index (κ1) is 16.4. The van der Waals surface area contributed by atoms with Gasteiger partial charge in [0.1, 0.15) is 6.10 Å². The molecule has 0 saturated heterocycles. The van der Waals surface area contributed by atoms with Crippen LogP contribution in [0.2, 0.25) is 0 Å². The van der Waals surface area contributed by atoms with Gasteiger partial charge in [0, 0.05) is 18.3 Å². The Morgan fingerprint density at radius 1 is 1.12 bits per heavy atom. The van der Waals surface area contributed by atoms with Gasteiger partial charge in [-0.2, -0.15) is 0 Å². The fourth-order valence-corrected chi connectivity index (χ4v) is 6.78. The van der Waals surface area contributed by atoms with Gasteiger partial charge in [0.25, 0.3) is 0 Å². The van der Waals surface area contributed by atoms with Crippen molar-refractivity contribution in [1.29, 1.82) is 0 Å². The highest BCUT2D eigenvalue weighted by Gasteiger charge is 2.61. The van der Waals surface area contributed by atoms with Gasteiger partial charge >= 0.3 is 5.97 Å². The molecule has 0 N–H and O–H groups in total.